The van der Waals surface area contributed by atoms with Crippen molar-refractivity contribution in [3.63, 3.8) is 0 Å². The molecule has 1 atom stereocenters. The smallest absolute Gasteiger partial charge is 0.126 e. The average molecular weight is 274 g/mol. The monoisotopic (exact) mass is 274 g/mol. The van der Waals surface area contributed by atoms with Gasteiger partial charge in [0.15, 0.2) is 0 Å². The van der Waals surface area contributed by atoms with Crippen molar-refractivity contribution >= 4 is 0 Å². The summed E-state index contributed by atoms with van der Waals surface area (Å²) >= 11 is 0. The van der Waals surface area contributed by atoms with E-state index in [9.17, 15) is 9.50 Å². The summed E-state index contributed by atoms with van der Waals surface area (Å²) in [4.78, 5) is 0. The van der Waals surface area contributed by atoms with Gasteiger partial charge in [0.2, 0.25) is 0 Å². The Morgan fingerprint density at radius 3 is 2.65 bits per heavy atom. The number of para-hydroxylation sites is 1. The predicted molar refractivity (Wildman–Crippen MR) is 77.4 cm³/mol. The molecule has 1 unspecified atom stereocenters. The molecule has 1 N–H and O–H groups in total. The first-order valence-electron chi connectivity index (χ1n) is 6.79. The van der Waals surface area contributed by atoms with E-state index in [1.807, 2.05) is 31.2 Å². The van der Waals surface area contributed by atoms with Crippen molar-refractivity contribution < 1.29 is 14.2 Å². The van der Waals surface area contributed by atoms with Crippen LogP contribution in [0.25, 0.3) is 0 Å². The van der Waals surface area contributed by atoms with Gasteiger partial charge < -0.3 is 9.84 Å². The van der Waals surface area contributed by atoms with Crippen molar-refractivity contribution in [3.8, 4) is 5.75 Å². The van der Waals surface area contributed by atoms with E-state index in [-0.39, 0.29) is 5.82 Å². The molecule has 0 amide bonds. The zero-order valence-corrected chi connectivity index (χ0v) is 11.8. The largest absolute Gasteiger partial charge is 0.493 e. The van der Waals surface area contributed by atoms with Crippen LogP contribution >= 0.6 is 0 Å². The molecule has 0 fully saturated rings. The molecule has 0 saturated carbocycles. The molecule has 0 spiro atoms. The van der Waals surface area contributed by atoms with Gasteiger partial charge in [-0.2, -0.15) is 0 Å². The lowest BCUT2D eigenvalue weighted by atomic mass is 9.99. The number of hydrogen-bond donors (Lipinski definition) is 1. The first-order valence-corrected chi connectivity index (χ1v) is 6.79. The third-order valence-electron chi connectivity index (χ3n) is 3.17. The number of halogens is 1. The normalized spacial score (nSPS) is 12.2. The van der Waals surface area contributed by atoms with Crippen LogP contribution in [0.5, 0.6) is 5.75 Å². The van der Waals surface area contributed by atoms with E-state index in [2.05, 4.69) is 0 Å². The first-order chi connectivity index (χ1) is 9.63. The summed E-state index contributed by atoms with van der Waals surface area (Å²) in [7, 11) is 0. The molecule has 2 aromatic carbocycles. The molecule has 0 aliphatic rings. The van der Waals surface area contributed by atoms with E-state index in [0.29, 0.717) is 29.0 Å². The van der Waals surface area contributed by atoms with Crippen LogP contribution < -0.4 is 4.74 Å². The summed E-state index contributed by atoms with van der Waals surface area (Å²) in [5, 5.41) is 10.5. The Kier molecular flexibility index (Phi) is 4.74. The van der Waals surface area contributed by atoms with Gasteiger partial charge in [0.05, 0.1) is 6.61 Å². The van der Waals surface area contributed by atoms with Crippen molar-refractivity contribution in [2.24, 2.45) is 0 Å². The van der Waals surface area contributed by atoms with E-state index in [1.165, 1.54) is 6.07 Å². The summed E-state index contributed by atoms with van der Waals surface area (Å²) in [5.41, 5.74) is 1.89. The summed E-state index contributed by atoms with van der Waals surface area (Å²) in [6.07, 6.45) is 0.0856. The van der Waals surface area contributed by atoms with Gasteiger partial charge in [0.1, 0.15) is 17.7 Å². The highest BCUT2D eigenvalue weighted by Crippen LogP contribution is 2.30. The quantitative estimate of drug-likeness (QED) is 0.892. The second-order valence-corrected chi connectivity index (χ2v) is 4.80. The number of aryl methyl sites for hydroxylation is 1. The minimum atomic E-state index is -0.817. The van der Waals surface area contributed by atoms with Crippen LogP contribution in [0.4, 0.5) is 4.39 Å². The molecule has 0 bridgehead atoms. The van der Waals surface area contributed by atoms with Crippen LogP contribution in [0, 0.1) is 12.7 Å². The van der Waals surface area contributed by atoms with Crippen LogP contribution in [0.3, 0.4) is 0 Å². The second-order valence-electron chi connectivity index (χ2n) is 4.80. The highest BCUT2D eigenvalue weighted by molar-refractivity contribution is 5.41. The number of ether oxygens (including phenoxy) is 1. The van der Waals surface area contributed by atoms with Crippen LogP contribution in [-0.4, -0.2) is 11.7 Å². The number of benzene rings is 2. The van der Waals surface area contributed by atoms with Gasteiger partial charge in [0.25, 0.3) is 0 Å². The maximum absolute atomic E-state index is 13.3. The molecule has 2 aromatic rings. The SMILES string of the molecule is CCCOc1ccccc1C(O)c1ccc(F)c(C)c1. The van der Waals surface area contributed by atoms with Gasteiger partial charge in [-0.05, 0) is 36.6 Å². The molecule has 20 heavy (non-hydrogen) atoms. The summed E-state index contributed by atoms with van der Waals surface area (Å²) in [6.45, 7) is 4.32. The number of aliphatic hydroxyl groups excluding tert-OH is 1. The van der Waals surface area contributed by atoms with Crippen LogP contribution in [0.2, 0.25) is 0 Å². The molecule has 2 nitrogen and oxygen atoms in total. The zero-order valence-electron chi connectivity index (χ0n) is 11.8. The first kappa shape index (κ1) is 14.5. The molecule has 2 rings (SSSR count). The van der Waals surface area contributed by atoms with E-state index < -0.39 is 6.10 Å². The Morgan fingerprint density at radius 2 is 1.95 bits per heavy atom. The molecule has 0 aliphatic carbocycles. The van der Waals surface area contributed by atoms with E-state index in [1.54, 1.807) is 19.1 Å². The van der Waals surface area contributed by atoms with Crippen molar-refractivity contribution in [1.82, 2.24) is 0 Å². The Morgan fingerprint density at radius 1 is 1.20 bits per heavy atom. The molecule has 106 valence electrons. The second kappa shape index (κ2) is 6.53. The van der Waals surface area contributed by atoms with Gasteiger partial charge in [-0.15, -0.1) is 0 Å². The van der Waals surface area contributed by atoms with E-state index >= 15 is 0 Å². The average Bonchev–Trinajstić information content (AvgIpc) is 2.47. The fraction of sp³-hybridized carbons (Fsp3) is 0.294. The van der Waals surface area contributed by atoms with Gasteiger partial charge >= 0.3 is 0 Å². The molecule has 0 radical (unpaired) electrons. The fourth-order valence-electron chi connectivity index (χ4n) is 2.07. The van der Waals surface area contributed by atoms with Crippen molar-refractivity contribution in [3.05, 3.63) is 65.0 Å². The maximum atomic E-state index is 13.3. The van der Waals surface area contributed by atoms with Gasteiger partial charge in [-0.25, -0.2) is 4.39 Å². The molecule has 3 heteroatoms. The van der Waals surface area contributed by atoms with E-state index in [4.69, 9.17) is 4.74 Å². The number of aliphatic hydroxyl groups is 1. The molecular formula is C17H19FO2. The van der Waals surface area contributed by atoms with E-state index in [0.717, 1.165) is 6.42 Å². The molecular weight excluding hydrogens is 255 g/mol. The molecule has 0 aromatic heterocycles. The Bertz CT molecular complexity index is 581. The lowest BCUT2D eigenvalue weighted by molar-refractivity contribution is 0.210. The minimum Gasteiger partial charge on any atom is -0.493 e. The minimum absolute atomic E-state index is 0.267. The molecule has 0 aliphatic heterocycles. The van der Waals surface area contributed by atoms with Crippen molar-refractivity contribution in [2.45, 2.75) is 26.4 Å². The highest BCUT2D eigenvalue weighted by atomic mass is 19.1. The molecule has 0 heterocycles. The Labute approximate surface area is 118 Å². The standard InChI is InChI=1S/C17H19FO2/c1-3-10-20-16-7-5-4-6-14(16)17(19)13-8-9-15(18)12(2)11-13/h4-9,11,17,19H,3,10H2,1-2H3. The van der Waals surface area contributed by atoms with Crippen molar-refractivity contribution in [2.75, 3.05) is 6.61 Å². The fourth-order valence-corrected chi connectivity index (χ4v) is 2.07. The van der Waals surface area contributed by atoms with Crippen LogP contribution in [0.15, 0.2) is 42.5 Å². The topological polar surface area (TPSA) is 29.5 Å². The third-order valence-corrected chi connectivity index (χ3v) is 3.17. The summed E-state index contributed by atoms with van der Waals surface area (Å²) in [6, 6.07) is 12.0. The zero-order chi connectivity index (χ0) is 14.5. The van der Waals surface area contributed by atoms with Gasteiger partial charge in [0, 0.05) is 5.56 Å². The van der Waals surface area contributed by atoms with Crippen LogP contribution in [0.1, 0.15) is 36.1 Å². The lowest BCUT2D eigenvalue weighted by Crippen LogP contribution is -2.05. The third kappa shape index (κ3) is 3.17. The van der Waals surface area contributed by atoms with Crippen molar-refractivity contribution in [1.29, 1.82) is 0 Å². The maximum Gasteiger partial charge on any atom is 0.126 e. The summed E-state index contributed by atoms with van der Waals surface area (Å²) < 4.78 is 19.0. The highest BCUT2D eigenvalue weighted by Gasteiger charge is 2.16. The van der Waals surface area contributed by atoms with Gasteiger partial charge in [-0.1, -0.05) is 37.3 Å². The summed E-state index contributed by atoms with van der Waals surface area (Å²) in [5.74, 6) is 0.403. The molecule has 0 saturated heterocycles. The Hall–Kier alpha value is -1.87. The predicted octanol–water partition coefficient (Wildman–Crippen LogP) is 4.00. The number of rotatable bonds is 5. The lowest BCUT2D eigenvalue weighted by Gasteiger charge is -2.17. The Balaban J connectivity index is 2.32. The van der Waals surface area contributed by atoms with Crippen LogP contribution in [-0.2, 0) is 0 Å². The number of hydrogen-bond acceptors (Lipinski definition) is 2. The van der Waals surface area contributed by atoms with Gasteiger partial charge in [-0.3, -0.25) is 0 Å².